The molecule has 20 heavy (non-hydrogen) atoms. The molecule has 0 saturated heterocycles. The van der Waals surface area contributed by atoms with Gasteiger partial charge in [-0.1, -0.05) is 84.0 Å². The molecule has 0 spiro atoms. The predicted molar refractivity (Wildman–Crippen MR) is 85.6 cm³/mol. The van der Waals surface area contributed by atoms with Crippen LogP contribution >= 0.6 is 0 Å². The molecule has 0 aliphatic carbocycles. The van der Waals surface area contributed by atoms with Crippen LogP contribution < -0.4 is 0 Å². The van der Waals surface area contributed by atoms with Crippen molar-refractivity contribution in [1.29, 1.82) is 0 Å². The van der Waals surface area contributed by atoms with Crippen LogP contribution in [-0.2, 0) is 9.59 Å². The van der Waals surface area contributed by atoms with E-state index in [0.717, 1.165) is 18.9 Å². The molecule has 0 aromatic rings. The van der Waals surface area contributed by atoms with Gasteiger partial charge in [0, 0.05) is 6.42 Å². The minimum Gasteiger partial charge on any atom is -0.294 e. The van der Waals surface area contributed by atoms with Crippen molar-refractivity contribution in [3.63, 3.8) is 0 Å². The second-order valence-corrected chi connectivity index (χ2v) is 5.72. The van der Waals surface area contributed by atoms with Gasteiger partial charge in [-0.2, -0.15) is 0 Å². The van der Waals surface area contributed by atoms with Crippen molar-refractivity contribution in [2.75, 3.05) is 0 Å². The van der Waals surface area contributed by atoms with Gasteiger partial charge in [0.2, 0.25) is 0 Å². The van der Waals surface area contributed by atoms with Crippen LogP contribution in [0.15, 0.2) is 6.08 Å². The molecule has 0 unspecified atom stereocenters. The van der Waals surface area contributed by atoms with Crippen LogP contribution in [0.2, 0.25) is 0 Å². The van der Waals surface area contributed by atoms with E-state index in [0.29, 0.717) is 6.42 Å². The summed E-state index contributed by atoms with van der Waals surface area (Å²) in [4.78, 5) is 21.0. The van der Waals surface area contributed by atoms with Gasteiger partial charge in [-0.05, 0) is 6.42 Å². The minimum absolute atomic E-state index is 0.0805. The summed E-state index contributed by atoms with van der Waals surface area (Å²) < 4.78 is 0. The second-order valence-electron chi connectivity index (χ2n) is 5.72. The molecule has 0 aliphatic heterocycles. The molecule has 0 aromatic carbocycles. The Balaban J connectivity index is 3.06. The molecule has 116 valence electrons. The van der Waals surface area contributed by atoms with Gasteiger partial charge in [0.25, 0.3) is 0 Å². The number of carbonyl (C=O) groups is 1. The van der Waals surface area contributed by atoms with Gasteiger partial charge < -0.3 is 0 Å². The van der Waals surface area contributed by atoms with Crippen molar-refractivity contribution in [2.24, 2.45) is 0 Å². The van der Waals surface area contributed by atoms with E-state index in [1.807, 2.05) is 0 Å². The summed E-state index contributed by atoms with van der Waals surface area (Å²) in [7, 11) is 0. The third-order valence-electron chi connectivity index (χ3n) is 3.75. The Hall–Kier alpha value is -0.880. The Morgan fingerprint density at radius 3 is 1.55 bits per heavy atom. The number of carbonyl (C=O) groups excluding carboxylic acids is 2. The maximum Gasteiger partial charge on any atom is 0.166 e. The monoisotopic (exact) mass is 280 g/mol. The van der Waals surface area contributed by atoms with Gasteiger partial charge in [0.15, 0.2) is 5.78 Å². The van der Waals surface area contributed by atoms with E-state index in [-0.39, 0.29) is 5.78 Å². The molecule has 0 atom stereocenters. The maximum absolute atomic E-state index is 11.0. The van der Waals surface area contributed by atoms with Crippen LogP contribution in [0, 0.1) is 0 Å². The van der Waals surface area contributed by atoms with Crippen LogP contribution in [0.25, 0.3) is 0 Å². The molecule has 0 amide bonds. The Bertz CT molecular complexity index is 265. The van der Waals surface area contributed by atoms with Gasteiger partial charge in [-0.25, -0.2) is 4.79 Å². The number of hydrogen-bond donors (Lipinski definition) is 0. The zero-order valence-electron chi connectivity index (χ0n) is 13.3. The van der Waals surface area contributed by atoms with Gasteiger partial charge in [-0.15, -0.1) is 0 Å². The van der Waals surface area contributed by atoms with Gasteiger partial charge in [0.1, 0.15) is 5.94 Å². The third-order valence-corrected chi connectivity index (χ3v) is 3.75. The molecular formula is C18H32O2. The fourth-order valence-corrected chi connectivity index (χ4v) is 2.45. The SMILES string of the molecule is CCCCCCCCCCCCCCCC(=O)C=C=O. The van der Waals surface area contributed by atoms with E-state index in [2.05, 4.69) is 6.92 Å². The van der Waals surface area contributed by atoms with Gasteiger partial charge in [-0.3, -0.25) is 4.79 Å². The Morgan fingerprint density at radius 1 is 0.750 bits per heavy atom. The topological polar surface area (TPSA) is 34.1 Å². The molecule has 0 radical (unpaired) electrons. The lowest BCUT2D eigenvalue weighted by molar-refractivity contribution is -0.114. The summed E-state index contributed by atoms with van der Waals surface area (Å²) in [5.41, 5.74) is 0. The van der Waals surface area contributed by atoms with E-state index in [1.54, 1.807) is 0 Å². The van der Waals surface area contributed by atoms with Crippen molar-refractivity contribution < 1.29 is 9.59 Å². The first-order chi connectivity index (χ1) is 9.81. The zero-order chi connectivity index (χ0) is 14.9. The van der Waals surface area contributed by atoms with E-state index < -0.39 is 0 Å². The number of hydrogen-bond acceptors (Lipinski definition) is 2. The number of ketones is 1. The summed E-state index contributed by atoms with van der Waals surface area (Å²) in [6.07, 6.45) is 18.5. The molecule has 2 heteroatoms. The van der Waals surface area contributed by atoms with Crippen LogP contribution in [0.1, 0.15) is 96.8 Å². The predicted octanol–water partition coefficient (Wildman–Crippen LogP) is 5.42. The Morgan fingerprint density at radius 2 is 1.15 bits per heavy atom. The lowest BCUT2D eigenvalue weighted by Crippen LogP contribution is -1.92. The summed E-state index contributed by atoms with van der Waals surface area (Å²) in [6, 6.07) is 0. The fourth-order valence-electron chi connectivity index (χ4n) is 2.45. The third kappa shape index (κ3) is 15.2. The van der Waals surface area contributed by atoms with Crippen LogP contribution in [0.5, 0.6) is 0 Å². The molecule has 0 rings (SSSR count). The fraction of sp³-hybridized carbons (Fsp3) is 0.833. The van der Waals surface area contributed by atoms with Crippen molar-refractivity contribution in [3.8, 4) is 0 Å². The number of allylic oxidation sites excluding steroid dienone is 1. The van der Waals surface area contributed by atoms with E-state index >= 15 is 0 Å². The van der Waals surface area contributed by atoms with Crippen molar-refractivity contribution in [1.82, 2.24) is 0 Å². The molecule has 0 bridgehead atoms. The number of rotatable bonds is 15. The molecular weight excluding hydrogens is 248 g/mol. The van der Waals surface area contributed by atoms with Gasteiger partial charge in [0.05, 0.1) is 6.08 Å². The Kier molecular flexibility index (Phi) is 15.5. The molecule has 0 heterocycles. The average molecular weight is 280 g/mol. The lowest BCUT2D eigenvalue weighted by atomic mass is 10.0. The minimum atomic E-state index is -0.0805. The van der Waals surface area contributed by atoms with E-state index in [1.165, 1.54) is 76.6 Å². The molecule has 0 aliphatic rings. The van der Waals surface area contributed by atoms with Crippen LogP contribution in [-0.4, -0.2) is 11.7 Å². The van der Waals surface area contributed by atoms with E-state index in [9.17, 15) is 9.59 Å². The molecule has 0 saturated carbocycles. The van der Waals surface area contributed by atoms with E-state index in [4.69, 9.17) is 0 Å². The lowest BCUT2D eigenvalue weighted by Gasteiger charge is -2.02. The molecule has 2 nitrogen and oxygen atoms in total. The molecule has 0 N–H and O–H groups in total. The highest BCUT2D eigenvalue weighted by Crippen LogP contribution is 2.12. The summed E-state index contributed by atoms with van der Waals surface area (Å²) >= 11 is 0. The quantitative estimate of drug-likeness (QED) is 0.228. The standard InChI is InChI=1S/C18H32O2/c1-2-3-4-5-6-7-8-9-10-11-12-13-14-15-18(20)16-17-19/h16H,2-15H2,1H3. The highest BCUT2D eigenvalue weighted by atomic mass is 16.1. The summed E-state index contributed by atoms with van der Waals surface area (Å²) in [5, 5.41) is 0. The normalized spacial score (nSPS) is 10.2. The smallest absolute Gasteiger partial charge is 0.166 e. The zero-order valence-corrected chi connectivity index (χ0v) is 13.3. The largest absolute Gasteiger partial charge is 0.294 e. The Labute approximate surface area is 125 Å². The average Bonchev–Trinajstić information content (AvgIpc) is 2.44. The van der Waals surface area contributed by atoms with Crippen LogP contribution in [0.4, 0.5) is 0 Å². The first kappa shape index (κ1) is 19.1. The maximum atomic E-state index is 11.0. The van der Waals surface area contributed by atoms with Crippen molar-refractivity contribution >= 4 is 11.7 Å². The van der Waals surface area contributed by atoms with Crippen molar-refractivity contribution in [2.45, 2.75) is 96.8 Å². The first-order valence-electron chi connectivity index (χ1n) is 8.55. The second kappa shape index (κ2) is 16.2. The highest BCUT2D eigenvalue weighted by Gasteiger charge is 1.97. The summed E-state index contributed by atoms with van der Waals surface area (Å²) in [5.74, 6) is 1.46. The first-order valence-corrected chi connectivity index (χ1v) is 8.55. The van der Waals surface area contributed by atoms with Crippen LogP contribution in [0.3, 0.4) is 0 Å². The number of unbranched alkanes of at least 4 members (excludes halogenated alkanes) is 12. The molecule has 0 fully saturated rings. The van der Waals surface area contributed by atoms with Gasteiger partial charge >= 0.3 is 0 Å². The molecule has 0 aromatic heterocycles. The summed E-state index contributed by atoms with van der Waals surface area (Å²) in [6.45, 7) is 2.26. The van der Waals surface area contributed by atoms with Crippen molar-refractivity contribution in [3.05, 3.63) is 6.08 Å². The highest BCUT2D eigenvalue weighted by molar-refractivity contribution is 5.95.